The number of rotatable bonds is 2. The van der Waals surface area contributed by atoms with Crippen molar-refractivity contribution in [2.24, 2.45) is 0 Å². The van der Waals surface area contributed by atoms with Crippen LogP contribution in [0.1, 0.15) is 27.5 Å². The molecule has 1 aliphatic carbocycles. The van der Waals surface area contributed by atoms with Gasteiger partial charge in [-0.3, -0.25) is 4.79 Å². The summed E-state index contributed by atoms with van der Waals surface area (Å²) in [6.07, 6.45) is -0.208. The van der Waals surface area contributed by atoms with Gasteiger partial charge in [0.05, 0.1) is 23.4 Å². The first-order chi connectivity index (χ1) is 10.1. The molecule has 0 spiro atoms. The maximum atomic E-state index is 13.4. The molecule has 5 heteroatoms. The van der Waals surface area contributed by atoms with E-state index in [-0.39, 0.29) is 11.3 Å². The fourth-order valence-electron chi connectivity index (χ4n) is 2.70. The number of para-hydroxylation sites is 1. The van der Waals surface area contributed by atoms with E-state index in [0.717, 1.165) is 11.1 Å². The van der Waals surface area contributed by atoms with Crippen LogP contribution in [-0.4, -0.2) is 17.1 Å². The number of nitrogens with two attached hydrogens (primary N) is 1. The smallest absolute Gasteiger partial charge is 0.254 e. The van der Waals surface area contributed by atoms with Crippen LogP contribution < -0.4 is 11.1 Å². The van der Waals surface area contributed by atoms with E-state index < -0.39 is 23.9 Å². The van der Waals surface area contributed by atoms with Crippen LogP contribution in [0.3, 0.4) is 0 Å². The van der Waals surface area contributed by atoms with Crippen molar-refractivity contribution in [1.29, 1.82) is 0 Å². The number of aliphatic hydroxyl groups is 1. The molecule has 21 heavy (non-hydrogen) atoms. The Bertz CT molecular complexity index is 702. The minimum atomic E-state index is -0.693. The summed E-state index contributed by atoms with van der Waals surface area (Å²) in [5, 5.41) is 12.8. The van der Waals surface area contributed by atoms with Crippen LogP contribution in [0, 0.1) is 5.82 Å². The molecule has 1 aliphatic rings. The van der Waals surface area contributed by atoms with Crippen molar-refractivity contribution in [3.63, 3.8) is 0 Å². The highest BCUT2D eigenvalue weighted by Crippen LogP contribution is 2.31. The summed E-state index contributed by atoms with van der Waals surface area (Å²) in [5.41, 5.74) is 7.36. The van der Waals surface area contributed by atoms with E-state index in [1.807, 2.05) is 24.3 Å². The summed E-state index contributed by atoms with van der Waals surface area (Å²) < 4.78 is 13.4. The average Bonchev–Trinajstić information content (AvgIpc) is 2.78. The van der Waals surface area contributed by atoms with Crippen molar-refractivity contribution in [3.8, 4) is 0 Å². The molecule has 0 saturated heterocycles. The lowest BCUT2D eigenvalue weighted by Gasteiger charge is -2.18. The van der Waals surface area contributed by atoms with Crippen LogP contribution in [0.4, 0.5) is 10.1 Å². The zero-order valence-electron chi connectivity index (χ0n) is 11.2. The Morgan fingerprint density at radius 2 is 2.00 bits per heavy atom. The Hall–Kier alpha value is -2.40. The van der Waals surface area contributed by atoms with Crippen LogP contribution in [0.5, 0.6) is 0 Å². The summed E-state index contributed by atoms with van der Waals surface area (Å²) in [4.78, 5) is 12.3. The van der Waals surface area contributed by atoms with Gasteiger partial charge in [-0.25, -0.2) is 4.39 Å². The van der Waals surface area contributed by atoms with E-state index in [1.165, 1.54) is 18.2 Å². The molecule has 0 fully saturated rings. The second kappa shape index (κ2) is 5.18. The Labute approximate surface area is 121 Å². The standard InChI is InChI=1S/C16H15FN2O2/c17-12-7-3-6-11(14(12)18)16(21)19-15-10-5-2-1-4-9(10)8-13(15)20/h1-7,13,15,20H,8,18H2,(H,19,21)/t13-,15+/m1/s1. The number of nitrogens with one attached hydrogen (secondary N) is 1. The van der Waals surface area contributed by atoms with Crippen LogP contribution in [0.2, 0.25) is 0 Å². The Balaban J connectivity index is 1.87. The number of fused-ring (bicyclic) bond motifs is 1. The lowest BCUT2D eigenvalue weighted by molar-refractivity contribution is 0.0858. The summed E-state index contributed by atoms with van der Waals surface area (Å²) >= 11 is 0. The normalized spacial score (nSPS) is 20.1. The van der Waals surface area contributed by atoms with Crippen molar-refractivity contribution in [1.82, 2.24) is 5.32 Å². The predicted molar refractivity (Wildman–Crippen MR) is 77.2 cm³/mol. The number of anilines is 1. The third-order valence-electron chi connectivity index (χ3n) is 3.79. The number of benzene rings is 2. The van der Waals surface area contributed by atoms with Gasteiger partial charge in [0.25, 0.3) is 5.91 Å². The van der Waals surface area contributed by atoms with Crippen molar-refractivity contribution < 1.29 is 14.3 Å². The number of hydrogen-bond donors (Lipinski definition) is 3. The van der Waals surface area contributed by atoms with Gasteiger partial charge in [-0.15, -0.1) is 0 Å². The first kappa shape index (κ1) is 13.6. The molecule has 1 amide bonds. The fourth-order valence-corrected chi connectivity index (χ4v) is 2.70. The van der Waals surface area contributed by atoms with Gasteiger partial charge in [0.15, 0.2) is 0 Å². The average molecular weight is 286 g/mol. The third-order valence-corrected chi connectivity index (χ3v) is 3.79. The van der Waals surface area contributed by atoms with Gasteiger partial charge >= 0.3 is 0 Å². The maximum Gasteiger partial charge on any atom is 0.254 e. The number of aliphatic hydroxyl groups excluding tert-OH is 1. The summed E-state index contributed by atoms with van der Waals surface area (Å²) in [6, 6.07) is 11.1. The first-order valence-corrected chi connectivity index (χ1v) is 6.68. The number of carbonyl (C=O) groups is 1. The van der Waals surface area contributed by atoms with E-state index >= 15 is 0 Å². The largest absolute Gasteiger partial charge is 0.396 e. The minimum absolute atomic E-state index is 0.0755. The topological polar surface area (TPSA) is 75.4 Å². The number of hydrogen-bond acceptors (Lipinski definition) is 3. The van der Waals surface area contributed by atoms with E-state index in [9.17, 15) is 14.3 Å². The van der Waals surface area contributed by atoms with E-state index in [1.54, 1.807) is 0 Å². The van der Waals surface area contributed by atoms with E-state index in [2.05, 4.69) is 5.32 Å². The molecule has 0 saturated carbocycles. The van der Waals surface area contributed by atoms with E-state index in [4.69, 9.17) is 5.73 Å². The number of halogens is 1. The Kier molecular flexibility index (Phi) is 3.35. The molecule has 0 heterocycles. The highest BCUT2D eigenvalue weighted by Gasteiger charge is 2.32. The van der Waals surface area contributed by atoms with Gasteiger partial charge in [-0.05, 0) is 23.3 Å². The Morgan fingerprint density at radius 1 is 1.24 bits per heavy atom. The van der Waals surface area contributed by atoms with Crippen LogP contribution >= 0.6 is 0 Å². The molecule has 2 atom stereocenters. The van der Waals surface area contributed by atoms with Crippen molar-refractivity contribution in [3.05, 3.63) is 65.0 Å². The SMILES string of the molecule is Nc1c(F)cccc1C(=O)N[C@H]1c2ccccc2C[C@H]1O. The van der Waals surface area contributed by atoms with E-state index in [0.29, 0.717) is 6.42 Å². The quantitative estimate of drug-likeness (QED) is 0.737. The Morgan fingerprint density at radius 3 is 2.81 bits per heavy atom. The van der Waals surface area contributed by atoms with Gasteiger partial charge in [-0.2, -0.15) is 0 Å². The predicted octanol–water partition coefficient (Wildman–Crippen LogP) is 1.80. The van der Waals surface area contributed by atoms with Crippen molar-refractivity contribution in [2.75, 3.05) is 5.73 Å². The number of nitrogen functional groups attached to an aromatic ring is 1. The summed E-state index contributed by atoms with van der Waals surface area (Å²) in [7, 11) is 0. The highest BCUT2D eigenvalue weighted by atomic mass is 19.1. The zero-order valence-corrected chi connectivity index (χ0v) is 11.2. The molecule has 0 unspecified atom stereocenters. The van der Waals surface area contributed by atoms with Gasteiger partial charge in [-0.1, -0.05) is 30.3 Å². The highest BCUT2D eigenvalue weighted by molar-refractivity contribution is 5.99. The maximum absolute atomic E-state index is 13.4. The molecule has 108 valence electrons. The lowest BCUT2D eigenvalue weighted by atomic mass is 10.1. The molecule has 0 radical (unpaired) electrons. The fraction of sp³-hybridized carbons (Fsp3) is 0.188. The third kappa shape index (κ3) is 2.36. The van der Waals surface area contributed by atoms with Gasteiger partial charge in [0.2, 0.25) is 0 Å². The van der Waals surface area contributed by atoms with Gasteiger partial charge in [0, 0.05) is 6.42 Å². The first-order valence-electron chi connectivity index (χ1n) is 6.68. The summed E-state index contributed by atoms with van der Waals surface area (Å²) in [6.45, 7) is 0. The summed E-state index contributed by atoms with van der Waals surface area (Å²) in [5.74, 6) is -1.12. The van der Waals surface area contributed by atoms with Gasteiger partial charge < -0.3 is 16.2 Å². The van der Waals surface area contributed by atoms with Crippen LogP contribution in [-0.2, 0) is 6.42 Å². The van der Waals surface area contributed by atoms with Crippen molar-refractivity contribution >= 4 is 11.6 Å². The molecule has 3 rings (SSSR count). The second-order valence-electron chi connectivity index (χ2n) is 5.12. The molecular formula is C16H15FN2O2. The van der Waals surface area contributed by atoms with Crippen molar-refractivity contribution in [2.45, 2.75) is 18.6 Å². The number of amides is 1. The molecule has 2 aromatic carbocycles. The van der Waals surface area contributed by atoms with Crippen LogP contribution in [0.25, 0.3) is 0 Å². The molecular weight excluding hydrogens is 271 g/mol. The number of carbonyl (C=O) groups excluding carboxylic acids is 1. The monoisotopic (exact) mass is 286 g/mol. The minimum Gasteiger partial charge on any atom is -0.396 e. The molecule has 0 aliphatic heterocycles. The molecule has 4 nitrogen and oxygen atoms in total. The molecule has 0 aromatic heterocycles. The van der Waals surface area contributed by atoms with Gasteiger partial charge in [0.1, 0.15) is 5.82 Å². The zero-order chi connectivity index (χ0) is 15.0. The lowest BCUT2D eigenvalue weighted by Crippen LogP contribution is -2.34. The molecule has 2 aromatic rings. The molecule has 4 N–H and O–H groups in total. The van der Waals surface area contributed by atoms with Crippen LogP contribution in [0.15, 0.2) is 42.5 Å². The molecule has 0 bridgehead atoms. The second-order valence-corrected chi connectivity index (χ2v) is 5.12.